The Morgan fingerprint density at radius 2 is 1.69 bits per heavy atom. The van der Waals surface area contributed by atoms with E-state index in [0.29, 0.717) is 6.10 Å². The van der Waals surface area contributed by atoms with Gasteiger partial charge in [0.2, 0.25) is 0 Å². The number of β-amino-alcohol motifs (C(OH)–C–C–N with tert-alkyl or cyclic N) is 1. The topological polar surface area (TPSA) is 35.9 Å². The van der Waals surface area contributed by atoms with Gasteiger partial charge in [-0.2, -0.15) is 0 Å². The molecule has 0 aliphatic carbocycles. The van der Waals surface area contributed by atoms with Crippen LogP contribution in [0, 0.1) is 0 Å². The normalized spacial score (nSPS) is 22.3. The lowest BCUT2D eigenvalue weighted by Crippen LogP contribution is -2.51. The number of hydrogen-bond donors (Lipinski definition) is 1. The van der Waals surface area contributed by atoms with Crippen molar-refractivity contribution < 1.29 is 9.84 Å². The number of aliphatic hydroxyl groups is 1. The number of rotatable bonds is 5. The highest BCUT2D eigenvalue weighted by Gasteiger charge is 2.23. The Balaban J connectivity index is 2.23. The fourth-order valence-corrected chi connectivity index (χ4v) is 2.12. The number of nitrogens with zero attached hydrogens (tertiary/aromatic N) is 2. The monoisotopic (exact) mass is 230 g/mol. The van der Waals surface area contributed by atoms with Crippen molar-refractivity contribution in [2.75, 3.05) is 46.4 Å². The average molecular weight is 230 g/mol. The Hall–Kier alpha value is -0.160. The highest BCUT2D eigenvalue weighted by molar-refractivity contribution is 4.78. The van der Waals surface area contributed by atoms with Crippen molar-refractivity contribution in [1.29, 1.82) is 0 Å². The van der Waals surface area contributed by atoms with E-state index in [1.54, 1.807) is 7.11 Å². The number of methoxy groups -OCH3 is 1. The maximum Gasteiger partial charge on any atom is 0.0718 e. The van der Waals surface area contributed by atoms with Gasteiger partial charge in [0.25, 0.3) is 0 Å². The molecule has 1 aliphatic rings. The van der Waals surface area contributed by atoms with Gasteiger partial charge in [0.05, 0.1) is 11.7 Å². The van der Waals surface area contributed by atoms with Crippen LogP contribution in [0.15, 0.2) is 0 Å². The van der Waals surface area contributed by atoms with E-state index in [2.05, 4.69) is 16.7 Å². The number of piperazine rings is 1. The zero-order chi connectivity index (χ0) is 12.2. The summed E-state index contributed by atoms with van der Waals surface area (Å²) in [6.07, 6.45) is 0.306. The lowest BCUT2D eigenvalue weighted by molar-refractivity contribution is 0.00711. The van der Waals surface area contributed by atoms with Gasteiger partial charge in [-0.1, -0.05) is 0 Å². The summed E-state index contributed by atoms with van der Waals surface area (Å²) in [5.41, 5.74) is -0.581. The van der Waals surface area contributed by atoms with E-state index in [9.17, 15) is 5.11 Å². The molecule has 0 aromatic rings. The van der Waals surface area contributed by atoms with Crippen LogP contribution in [0.3, 0.4) is 0 Å². The quantitative estimate of drug-likeness (QED) is 0.742. The molecule has 1 atom stereocenters. The molecule has 0 radical (unpaired) electrons. The molecule has 96 valence electrons. The first-order chi connectivity index (χ1) is 7.40. The van der Waals surface area contributed by atoms with Crippen LogP contribution in [0.5, 0.6) is 0 Å². The maximum absolute atomic E-state index is 9.74. The molecule has 1 unspecified atom stereocenters. The van der Waals surface area contributed by atoms with Gasteiger partial charge in [0.15, 0.2) is 0 Å². The zero-order valence-electron chi connectivity index (χ0n) is 11.1. The van der Waals surface area contributed by atoms with Gasteiger partial charge in [-0.25, -0.2) is 0 Å². The van der Waals surface area contributed by atoms with Crippen molar-refractivity contribution >= 4 is 0 Å². The van der Waals surface area contributed by atoms with Crippen molar-refractivity contribution in [3.63, 3.8) is 0 Å². The summed E-state index contributed by atoms with van der Waals surface area (Å²) in [7, 11) is 1.76. The summed E-state index contributed by atoms with van der Waals surface area (Å²) >= 11 is 0. The van der Waals surface area contributed by atoms with Crippen LogP contribution in [0.2, 0.25) is 0 Å². The molecule has 16 heavy (non-hydrogen) atoms. The second-order valence-corrected chi connectivity index (χ2v) is 5.44. The molecule has 1 heterocycles. The van der Waals surface area contributed by atoms with Crippen LogP contribution in [-0.4, -0.2) is 73.0 Å². The fraction of sp³-hybridized carbons (Fsp3) is 1.00. The lowest BCUT2D eigenvalue weighted by Gasteiger charge is -2.37. The first-order valence-electron chi connectivity index (χ1n) is 6.10. The second kappa shape index (κ2) is 5.96. The smallest absolute Gasteiger partial charge is 0.0718 e. The first-order valence-corrected chi connectivity index (χ1v) is 6.10. The molecule has 1 rings (SSSR count). The minimum atomic E-state index is -0.581. The Labute approximate surface area is 99.2 Å². The largest absolute Gasteiger partial charge is 0.389 e. The van der Waals surface area contributed by atoms with Gasteiger partial charge < -0.3 is 9.84 Å². The van der Waals surface area contributed by atoms with Gasteiger partial charge in [-0.15, -0.1) is 0 Å². The maximum atomic E-state index is 9.74. The average Bonchev–Trinajstić information content (AvgIpc) is 2.18. The molecule has 0 saturated carbocycles. The molecule has 0 spiro atoms. The standard InChI is InChI=1S/C12H26N2O2/c1-11(16-4)9-13-5-7-14(8-6-13)10-12(2,3)15/h11,15H,5-10H2,1-4H3. The van der Waals surface area contributed by atoms with Gasteiger partial charge in [-0.3, -0.25) is 9.80 Å². The third-order valence-corrected chi connectivity index (χ3v) is 2.99. The molecule has 1 N–H and O–H groups in total. The van der Waals surface area contributed by atoms with Crippen LogP contribution < -0.4 is 0 Å². The Morgan fingerprint density at radius 1 is 1.19 bits per heavy atom. The van der Waals surface area contributed by atoms with Gasteiger partial charge >= 0.3 is 0 Å². The van der Waals surface area contributed by atoms with Crippen LogP contribution in [0.4, 0.5) is 0 Å². The SMILES string of the molecule is COC(C)CN1CCN(CC(C)(C)O)CC1. The van der Waals surface area contributed by atoms with Gasteiger partial charge in [0.1, 0.15) is 0 Å². The van der Waals surface area contributed by atoms with Crippen molar-refractivity contribution in [2.24, 2.45) is 0 Å². The molecular formula is C12H26N2O2. The molecule has 0 aromatic carbocycles. The number of ether oxygens (including phenoxy) is 1. The van der Waals surface area contributed by atoms with Crippen LogP contribution in [0.25, 0.3) is 0 Å². The van der Waals surface area contributed by atoms with Crippen molar-refractivity contribution in [3.8, 4) is 0 Å². The Kier molecular flexibility index (Phi) is 5.18. The Morgan fingerprint density at radius 3 is 2.12 bits per heavy atom. The van der Waals surface area contributed by atoms with Crippen molar-refractivity contribution in [2.45, 2.75) is 32.5 Å². The number of hydrogen-bond acceptors (Lipinski definition) is 4. The fourth-order valence-electron chi connectivity index (χ4n) is 2.12. The van der Waals surface area contributed by atoms with E-state index in [-0.39, 0.29) is 0 Å². The molecule has 1 fully saturated rings. The summed E-state index contributed by atoms with van der Waals surface area (Å²) in [6, 6.07) is 0. The van der Waals surface area contributed by atoms with Gasteiger partial charge in [-0.05, 0) is 20.8 Å². The van der Waals surface area contributed by atoms with E-state index >= 15 is 0 Å². The molecule has 1 aliphatic heterocycles. The summed E-state index contributed by atoms with van der Waals surface area (Å²) in [5, 5.41) is 9.74. The zero-order valence-corrected chi connectivity index (χ0v) is 11.1. The van der Waals surface area contributed by atoms with E-state index in [4.69, 9.17) is 4.74 Å². The highest BCUT2D eigenvalue weighted by Crippen LogP contribution is 2.09. The molecule has 1 saturated heterocycles. The molecule has 4 heteroatoms. The predicted molar refractivity (Wildman–Crippen MR) is 65.6 cm³/mol. The van der Waals surface area contributed by atoms with Crippen molar-refractivity contribution in [1.82, 2.24) is 9.80 Å². The molecular weight excluding hydrogens is 204 g/mol. The first kappa shape index (κ1) is 13.9. The lowest BCUT2D eigenvalue weighted by atomic mass is 10.1. The van der Waals surface area contributed by atoms with E-state index in [1.807, 2.05) is 13.8 Å². The van der Waals surface area contributed by atoms with Crippen molar-refractivity contribution in [3.05, 3.63) is 0 Å². The van der Waals surface area contributed by atoms with Crippen LogP contribution in [-0.2, 0) is 4.74 Å². The third-order valence-electron chi connectivity index (χ3n) is 2.99. The van der Waals surface area contributed by atoms with Gasteiger partial charge in [0, 0.05) is 46.4 Å². The summed E-state index contributed by atoms with van der Waals surface area (Å²) in [5.74, 6) is 0. The minimum absolute atomic E-state index is 0.306. The summed E-state index contributed by atoms with van der Waals surface area (Å²) in [6.45, 7) is 11.8. The second-order valence-electron chi connectivity index (χ2n) is 5.44. The predicted octanol–water partition coefficient (Wildman–Crippen LogP) is 0.410. The highest BCUT2D eigenvalue weighted by atomic mass is 16.5. The summed E-state index contributed by atoms with van der Waals surface area (Å²) < 4.78 is 5.27. The molecule has 0 amide bonds. The minimum Gasteiger partial charge on any atom is -0.389 e. The molecule has 0 bridgehead atoms. The van der Waals surface area contributed by atoms with Crippen LogP contribution >= 0.6 is 0 Å². The molecule has 4 nitrogen and oxygen atoms in total. The van der Waals surface area contributed by atoms with E-state index < -0.39 is 5.60 Å². The van der Waals surface area contributed by atoms with E-state index in [1.165, 1.54) is 0 Å². The third kappa shape index (κ3) is 5.25. The van der Waals surface area contributed by atoms with Crippen LogP contribution in [0.1, 0.15) is 20.8 Å². The molecule has 0 aromatic heterocycles. The Bertz CT molecular complexity index is 196. The van der Waals surface area contributed by atoms with E-state index in [0.717, 1.165) is 39.3 Å². The summed E-state index contributed by atoms with van der Waals surface area (Å²) in [4.78, 5) is 4.75.